The molecule has 3 aliphatic heterocycles. The fourth-order valence-electron chi connectivity index (χ4n) is 7.94. The van der Waals surface area contributed by atoms with E-state index in [4.69, 9.17) is 9.47 Å². The van der Waals surface area contributed by atoms with Crippen molar-refractivity contribution in [1.82, 2.24) is 10.2 Å². The zero-order chi connectivity index (χ0) is 34.7. The third kappa shape index (κ3) is 6.19. The first-order valence-electron chi connectivity index (χ1n) is 16.8. The van der Waals surface area contributed by atoms with Gasteiger partial charge in [0.15, 0.2) is 0 Å². The van der Waals surface area contributed by atoms with Gasteiger partial charge in [-0.15, -0.1) is 13.2 Å². The molecule has 3 saturated heterocycles. The Labute approximate surface area is 282 Å². The van der Waals surface area contributed by atoms with E-state index in [1.54, 1.807) is 30.9 Å². The first-order chi connectivity index (χ1) is 23.0. The number of aliphatic hydroxyl groups excluding tert-OH is 1. The summed E-state index contributed by atoms with van der Waals surface area (Å²) in [4.78, 5) is 59.2. The summed E-state index contributed by atoms with van der Waals surface area (Å²) in [6.45, 7) is 14.7. The monoisotopic (exact) mass is 657 g/mol. The maximum absolute atomic E-state index is 14.8. The number of carbonyl (C=O) groups is 4. The first-order valence-corrected chi connectivity index (χ1v) is 16.8. The number of aliphatic hydroxyl groups is 1. The van der Waals surface area contributed by atoms with Crippen LogP contribution in [0.15, 0.2) is 73.8 Å². The van der Waals surface area contributed by atoms with Crippen LogP contribution >= 0.6 is 0 Å². The van der Waals surface area contributed by atoms with Crippen LogP contribution in [0.5, 0.6) is 0 Å². The minimum atomic E-state index is -1.28. The molecular formula is C38H47N3O7. The Balaban J connectivity index is 1.50. The van der Waals surface area contributed by atoms with Crippen molar-refractivity contribution in [2.75, 3.05) is 18.1 Å². The van der Waals surface area contributed by atoms with Crippen LogP contribution in [0.2, 0.25) is 0 Å². The molecule has 1 spiro atoms. The molecule has 3 aliphatic rings. The van der Waals surface area contributed by atoms with Gasteiger partial charge in [-0.2, -0.15) is 0 Å². The molecule has 0 aromatic heterocycles. The zero-order valence-electron chi connectivity index (χ0n) is 28.3. The lowest BCUT2D eigenvalue weighted by Crippen LogP contribution is -2.58. The van der Waals surface area contributed by atoms with Crippen LogP contribution in [0.4, 0.5) is 5.69 Å². The van der Waals surface area contributed by atoms with Crippen LogP contribution in [0.3, 0.4) is 0 Å². The zero-order valence-corrected chi connectivity index (χ0v) is 28.3. The van der Waals surface area contributed by atoms with Crippen molar-refractivity contribution in [2.45, 2.75) is 89.3 Å². The lowest BCUT2D eigenvalue weighted by Gasteiger charge is -2.39. The Bertz CT molecular complexity index is 1540. The molecule has 3 fully saturated rings. The number of carbonyl (C=O) groups excluding carboxylic acids is 4. The number of nitrogens with zero attached hydrogens (tertiary/aromatic N) is 2. The minimum absolute atomic E-state index is 0.196. The molecule has 0 aliphatic carbocycles. The van der Waals surface area contributed by atoms with Gasteiger partial charge in [0.05, 0.1) is 36.6 Å². The number of nitrogens with one attached hydrogen (secondary N) is 1. The molecule has 2 N–H and O–H groups in total. The summed E-state index contributed by atoms with van der Waals surface area (Å²) >= 11 is 0. The second-order valence-corrected chi connectivity index (χ2v) is 13.3. The molecule has 2 aromatic rings. The summed E-state index contributed by atoms with van der Waals surface area (Å²) < 4.78 is 12.8. The number of hydrogen-bond acceptors (Lipinski definition) is 7. The van der Waals surface area contributed by atoms with Gasteiger partial charge >= 0.3 is 5.97 Å². The summed E-state index contributed by atoms with van der Waals surface area (Å²) in [5.74, 6) is -3.54. The van der Waals surface area contributed by atoms with Crippen LogP contribution in [-0.2, 0) is 28.7 Å². The van der Waals surface area contributed by atoms with Crippen molar-refractivity contribution in [3.05, 3.63) is 90.5 Å². The number of aryl methyl sites for hydroxylation is 2. The van der Waals surface area contributed by atoms with Crippen molar-refractivity contribution in [1.29, 1.82) is 0 Å². The fourth-order valence-corrected chi connectivity index (χ4v) is 7.94. The molecule has 3 heterocycles. The van der Waals surface area contributed by atoms with E-state index >= 15 is 0 Å². The number of amides is 3. The van der Waals surface area contributed by atoms with E-state index in [0.29, 0.717) is 24.8 Å². The summed E-state index contributed by atoms with van der Waals surface area (Å²) in [5.41, 5.74) is 1.91. The third-order valence-corrected chi connectivity index (χ3v) is 10.1. The van der Waals surface area contributed by atoms with Crippen molar-refractivity contribution < 1.29 is 33.8 Å². The molecule has 48 heavy (non-hydrogen) atoms. The molecule has 0 radical (unpaired) electrons. The van der Waals surface area contributed by atoms with Gasteiger partial charge in [0, 0.05) is 18.7 Å². The summed E-state index contributed by atoms with van der Waals surface area (Å²) in [6.07, 6.45) is 3.46. The van der Waals surface area contributed by atoms with E-state index in [-0.39, 0.29) is 31.4 Å². The second kappa shape index (κ2) is 14.5. The Hall–Kier alpha value is -4.28. The first kappa shape index (κ1) is 35.0. The normalized spacial score (nSPS) is 25.9. The van der Waals surface area contributed by atoms with E-state index in [2.05, 4.69) is 18.5 Å². The van der Waals surface area contributed by atoms with Crippen LogP contribution < -0.4 is 10.2 Å². The van der Waals surface area contributed by atoms with Gasteiger partial charge in [-0.3, -0.25) is 19.2 Å². The molecule has 10 heteroatoms. The van der Waals surface area contributed by atoms with E-state index < -0.39 is 59.6 Å². The quantitative estimate of drug-likeness (QED) is 0.229. The maximum atomic E-state index is 14.8. The number of esters is 1. The highest BCUT2D eigenvalue weighted by atomic mass is 16.6. The van der Waals surface area contributed by atoms with E-state index in [1.807, 2.05) is 62.4 Å². The second-order valence-electron chi connectivity index (χ2n) is 13.3. The Morgan fingerprint density at radius 3 is 2.42 bits per heavy atom. The van der Waals surface area contributed by atoms with Gasteiger partial charge < -0.3 is 29.7 Å². The SMILES string of the molecule is C=CCCC(=O)N[C@@H](C)[C@H](OC(=O)[C@@H]1[C@@H]2CC[C@]3(O2)[C@H](C(=O)N(CC=C)c2c(C)cccc2C)N([C@H](C)CO)C(=O)[C@@H]13)c1ccccc1. The molecular weight excluding hydrogens is 610 g/mol. The lowest BCUT2D eigenvalue weighted by atomic mass is 9.70. The van der Waals surface area contributed by atoms with E-state index in [1.165, 1.54) is 4.90 Å². The smallest absolute Gasteiger partial charge is 0.313 e. The lowest BCUT2D eigenvalue weighted by molar-refractivity contribution is -0.162. The van der Waals surface area contributed by atoms with E-state index in [9.17, 15) is 24.3 Å². The van der Waals surface area contributed by atoms with Crippen molar-refractivity contribution in [2.24, 2.45) is 11.8 Å². The Morgan fingerprint density at radius 1 is 1.10 bits per heavy atom. The highest BCUT2D eigenvalue weighted by molar-refractivity contribution is 6.05. The molecule has 2 bridgehead atoms. The Kier molecular flexibility index (Phi) is 10.6. The maximum Gasteiger partial charge on any atom is 0.313 e. The molecule has 8 atom stereocenters. The predicted molar refractivity (Wildman–Crippen MR) is 182 cm³/mol. The number of hydrogen-bond donors (Lipinski definition) is 2. The van der Waals surface area contributed by atoms with Crippen LogP contribution in [-0.4, -0.2) is 76.7 Å². The topological polar surface area (TPSA) is 125 Å². The van der Waals surface area contributed by atoms with Gasteiger partial charge in [0.2, 0.25) is 11.8 Å². The number of ether oxygens (including phenoxy) is 2. The molecule has 0 unspecified atom stereocenters. The van der Waals surface area contributed by atoms with Crippen molar-refractivity contribution in [3.63, 3.8) is 0 Å². The average Bonchev–Trinajstić information content (AvgIpc) is 3.72. The number of para-hydroxylation sites is 1. The predicted octanol–water partition coefficient (Wildman–Crippen LogP) is 4.33. The van der Waals surface area contributed by atoms with E-state index in [0.717, 1.165) is 16.8 Å². The Morgan fingerprint density at radius 2 is 1.79 bits per heavy atom. The van der Waals surface area contributed by atoms with Crippen molar-refractivity contribution in [3.8, 4) is 0 Å². The number of anilines is 1. The van der Waals surface area contributed by atoms with Gasteiger partial charge in [-0.25, -0.2) is 0 Å². The van der Waals surface area contributed by atoms with Crippen LogP contribution in [0.25, 0.3) is 0 Å². The number of fused-ring (bicyclic) bond motifs is 1. The van der Waals surface area contributed by atoms with Crippen molar-refractivity contribution >= 4 is 29.4 Å². The fraction of sp³-hybridized carbons (Fsp3) is 0.474. The number of likely N-dealkylation sites (tertiary alicyclic amines) is 1. The molecule has 256 valence electrons. The van der Waals surface area contributed by atoms with Gasteiger partial charge in [-0.05, 0) is 63.6 Å². The largest absolute Gasteiger partial charge is 0.455 e. The highest BCUT2D eigenvalue weighted by Gasteiger charge is 2.75. The summed E-state index contributed by atoms with van der Waals surface area (Å²) in [7, 11) is 0. The standard InChI is InChI=1S/C38H47N3O7/c1-7-9-18-29(43)39-26(6)33(27-16-11-10-12-17-27)47-37(46)30-28-19-20-38(48-28)31(30)35(44)41(25(5)22-42)34(38)36(45)40(21-8-2)32-23(3)14-13-15-24(32)4/h7-8,10-17,25-26,28,30-31,33-34,42H,1-2,9,18-22H2,3-6H3,(H,39,43)/t25-,26+,28+,30-,31-,33+,34+,38-/m1/s1. The summed E-state index contributed by atoms with van der Waals surface area (Å²) in [6, 6.07) is 12.6. The molecule has 10 nitrogen and oxygen atoms in total. The average molecular weight is 658 g/mol. The molecule has 5 rings (SSSR count). The summed E-state index contributed by atoms with van der Waals surface area (Å²) in [5, 5.41) is 13.2. The highest BCUT2D eigenvalue weighted by Crippen LogP contribution is 2.59. The number of allylic oxidation sites excluding steroid dienone is 1. The number of benzene rings is 2. The minimum Gasteiger partial charge on any atom is -0.455 e. The molecule has 2 aromatic carbocycles. The number of rotatable bonds is 14. The van der Waals surface area contributed by atoms with Gasteiger partial charge in [0.1, 0.15) is 17.7 Å². The molecule has 3 amide bonds. The molecule has 0 saturated carbocycles. The van der Waals surface area contributed by atoms with Crippen LogP contribution in [0, 0.1) is 25.7 Å². The van der Waals surface area contributed by atoms with Crippen LogP contribution in [0.1, 0.15) is 62.3 Å². The third-order valence-electron chi connectivity index (χ3n) is 10.1. The van der Waals surface area contributed by atoms with Gasteiger partial charge in [0.25, 0.3) is 5.91 Å². The van der Waals surface area contributed by atoms with Gasteiger partial charge in [-0.1, -0.05) is 60.7 Å².